The zero-order valence-electron chi connectivity index (χ0n) is 10.4. The summed E-state index contributed by atoms with van der Waals surface area (Å²) in [5.74, 6) is 0. The van der Waals surface area contributed by atoms with Crippen LogP contribution in [-0.4, -0.2) is 23.3 Å². The van der Waals surface area contributed by atoms with Gasteiger partial charge >= 0.3 is 0 Å². The number of hydrogen-bond donors (Lipinski definition) is 2. The molecule has 2 nitrogen and oxygen atoms in total. The third kappa shape index (κ3) is 2.12. The van der Waals surface area contributed by atoms with Gasteiger partial charge in [-0.15, -0.1) is 0 Å². The highest BCUT2D eigenvalue weighted by atomic mass is 16.3. The van der Waals surface area contributed by atoms with Crippen LogP contribution in [0.15, 0.2) is 0 Å². The van der Waals surface area contributed by atoms with Gasteiger partial charge in [0.05, 0.1) is 6.10 Å². The summed E-state index contributed by atoms with van der Waals surface area (Å²) >= 11 is 0. The zero-order chi connectivity index (χ0) is 11.1. The summed E-state index contributed by atoms with van der Waals surface area (Å²) in [6.45, 7) is 13.2. The third-order valence-corrected chi connectivity index (χ3v) is 3.97. The van der Waals surface area contributed by atoms with Crippen LogP contribution in [0.5, 0.6) is 0 Å². The van der Waals surface area contributed by atoms with Gasteiger partial charge in [0, 0.05) is 17.5 Å². The maximum Gasteiger partial charge on any atom is 0.0621 e. The van der Waals surface area contributed by atoms with Gasteiger partial charge in [-0.05, 0) is 18.8 Å². The SMILES string of the molecule is CC(NC1CC(O)C1(C)C)C(C)(C)C. The Morgan fingerprint density at radius 3 is 2.14 bits per heavy atom. The summed E-state index contributed by atoms with van der Waals surface area (Å²) in [7, 11) is 0. The second-order valence-electron chi connectivity index (χ2n) is 6.38. The first-order valence-electron chi connectivity index (χ1n) is 5.60. The maximum atomic E-state index is 9.62. The standard InChI is InChI=1S/C12H25NO/c1-8(11(2,3)4)13-9-7-10(14)12(9,5)6/h8-10,13-14H,7H2,1-6H3. The molecule has 1 fully saturated rings. The molecular formula is C12H25NO. The van der Waals surface area contributed by atoms with E-state index in [4.69, 9.17) is 0 Å². The van der Waals surface area contributed by atoms with Crippen molar-refractivity contribution in [3.05, 3.63) is 0 Å². The molecule has 1 saturated carbocycles. The van der Waals surface area contributed by atoms with Crippen molar-refractivity contribution in [2.45, 2.75) is 66.2 Å². The maximum absolute atomic E-state index is 9.62. The van der Waals surface area contributed by atoms with Crippen molar-refractivity contribution < 1.29 is 5.11 Å². The van der Waals surface area contributed by atoms with Crippen LogP contribution in [0.1, 0.15) is 48.0 Å². The van der Waals surface area contributed by atoms with Gasteiger partial charge in [0.2, 0.25) is 0 Å². The smallest absolute Gasteiger partial charge is 0.0621 e. The lowest BCUT2D eigenvalue weighted by atomic mass is 9.64. The Bertz CT molecular complexity index is 205. The van der Waals surface area contributed by atoms with E-state index in [2.05, 4.69) is 46.9 Å². The predicted molar refractivity (Wildman–Crippen MR) is 60.2 cm³/mol. The topological polar surface area (TPSA) is 32.3 Å². The molecule has 3 unspecified atom stereocenters. The molecule has 0 saturated heterocycles. The van der Waals surface area contributed by atoms with E-state index in [-0.39, 0.29) is 16.9 Å². The van der Waals surface area contributed by atoms with Gasteiger partial charge < -0.3 is 10.4 Å². The van der Waals surface area contributed by atoms with Crippen molar-refractivity contribution in [1.29, 1.82) is 0 Å². The second-order valence-corrected chi connectivity index (χ2v) is 6.38. The van der Waals surface area contributed by atoms with Gasteiger partial charge in [-0.3, -0.25) is 0 Å². The van der Waals surface area contributed by atoms with E-state index in [0.717, 1.165) is 6.42 Å². The van der Waals surface area contributed by atoms with E-state index in [1.807, 2.05) is 0 Å². The molecule has 0 radical (unpaired) electrons. The molecule has 1 aliphatic rings. The number of aliphatic hydroxyl groups is 1. The fourth-order valence-corrected chi connectivity index (χ4v) is 1.74. The Kier molecular flexibility index (Phi) is 2.99. The molecule has 0 aliphatic heterocycles. The summed E-state index contributed by atoms with van der Waals surface area (Å²) in [4.78, 5) is 0. The normalized spacial score (nSPS) is 33.6. The Morgan fingerprint density at radius 2 is 1.86 bits per heavy atom. The molecule has 0 amide bonds. The van der Waals surface area contributed by atoms with Crippen LogP contribution in [0.4, 0.5) is 0 Å². The lowest BCUT2D eigenvalue weighted by Crippen LogP contribution is -2.63. The minimum absolute atomic E-state index is 0.0412. The van der Waals surface area contributed by atoms with E-state index in [1.54, 1.807) is 0 Å². The van der Waals surface area contributed by atoms with Crippen LogP contribution < -0.4 is 5.32 Å². The largest absolute Gasteiger partial charge is 0.392 e. The Morgan fingerprint density at radius 1 is 1.36 bits per heavy atom. The summed E-state index contributed by atoms with van der Waals surface area (Å²) in [6, 6.07) is 0.950. The monoisotopic (exact) mass is 199 g/mol. The lowest BCUT2D eigenvalue weighted by Gasteiger charge is -2.51. The molecule has 0 aromatic heterocycles. The van der Waals surface area contributed by atoms with Crippen LogP contribution in [0.3, 0.4) is 0 Å². The van der Waals surface area contributed by atoms with E-state index in [1.165, 1.54) is 0 Å². The molecule has 14 heavy (non-hydrogen) atoms. The highest BCUT2D eigenvalue weighted by Crippen LogP contribution is 2.41. The summed E-state index contributed by atoms with van der Waals surface area (Å²) in [5, 5.41) is 13.2. The van der Waals surface area contributed by atoms with Crippen molar-refractivity contribution in [3.63, 3.8) is 0 Å². The summed E-state index contributed by atoms with van der Waals surface area (Å²) < 4.78 is 0. The molecule has 3 atom stereocenters. The van der Waals surface area contributed by atoms with Crippen LogP contribution in [0.2, 0.25) is 0 Å². The fourth-order valence-electron chi connectivity index (χ4n) is 1.74. The number of nitrogens with one attached hydrogen (secondary N) is 1. The van der Waals surface area contributed by atoms with Crippen LogP contribution >= 0.6 is 0 Å². The first kappa shape index (κ1) is 12.0. The molecule has 2 heteroatoms. The fraction of sp³-hybridized carbons (Fsp3) is 1.00. The Labute approximate surface area is 88.1 Å². The van der Waals surface area contributed by atoms with Gasteiger partial charge in [0.25, 0.3) is 0 Å². The van der Waals surface area contributed by atoms with E-state index < -0.39 is 0 Å². The van der Waals surface area contributed by atoms with Gasteiger partial charge in [0.1, 0.15) is 0 Å². The number of rotatable bonds is 2. The quantitative estimate of drug-likeness (QED) is 0.714. The van der Waals surface area contributed by atoms with Gasteiger partial charge in [0.15, 0.2) is 0 Å². The predicted octanol–water partition coefficient (Wildman–Crippen LogP) is 2.17. The molecule has 0 aromatic rings. The molecule has 0 bridgehead atoms. The van der Waals surface area contributed by atoms with Crippen LogP contribution in [0.25, 0.3) is 0 Å². The molecule has 1 rings (SSSR count). The molecule has 2 N–H and O–H groups in total. The minimum Gasteiger partial charge on any atom is -0.392 e. The van der Waals surface area contributed by atoms with Crippen molar-refractivity contribution in [2.24, 2.45) is 10.8 Å². The second kappa shape index (κ2) is 3.49. The summed E-state index contributed by atoms with van der Waals surface area (Å²) in [6.07, 6.45) is 0.764. The molecule has 1 aliphatic carbocycles. The molecule has 84 valence electrons. The molecular weight excluding hydrogens is 174 g/mol. The minimum atomic E-state index is -0.132. The van der Waals surface area contributed by atoms with Gasteiger partial charge in [-0.2, -0.15) is 0 Å². The van der Waals surface area contributed by atoms with Gasteiger partial charge in [-0.25, -0.2) is 0 Å². The zero-order valence-corrected chi connectivity index (χ0v) is 10.4. The first-order valence-corrected chi connectivity index (χ1v) is 5.60. The lowest BCUT2D eigenvalue weighted by molar-refractivity contribution is -0.0789. The van der Waals surface area contributed by atoms with E-state index >= 15 is 0 Å². The third-order valence-electron chi connectivity index (χ3n) is 3.97. The molecule has 0 spiro atoms. The van der Waals surface area contributed by atoms with E-state index in [0.29, 0.717) is 12.1 Å². The van der Waals surface area contributed by atoms with Gasteiger partial charge in [-0.1, -0.05) is 34.6 Å². The highest BCUT2D eigenvalue weighted by molar-refractivity contribution is 5.03. The van der Waals surface area contributed by atoms with Crippen molar-refractivity contribution in [2.75, 3.05) is 0 Å². The molecule has 0 heterocycles. The Balaban J connectivity index is 2.48. The highest BCUT2D eigenvalue weighted by Gasteiger charge is 2.47. The average Bonchev–Trinajstić information content (AvgIpc) is 2.02. The number of aliphatic hydroxyl groups excluding tert-OH is 1. The first-order chi connectivity index (χ1) is 6.15. The van der Waals surface area contributed by atoms with Crippen LogP contribution in [0, 0.1) is 10.8 Å². The van der Waals surface area contributed by atoms with Crippen molar-refractivity contribution >= 4 is 0 Å². The number of hydrogen-bond acceptors (Lipinski definition) is 2. The Hall–Kier alpha value is -0.0800. The van der Waals surface area contributed by atoms with Crippen molar-refractivity contribution in [3.8, 4) is 0 Å². The summed E-state index contributed by atoms with van der Waals surface area (Å²) in [5.41, 5.74) is 0.329. The van der Waals surface area contributed by atoms with Crippen molar-refractivity contribution in [1.82, 2.24) is 5.32 Å². The van der Waals surface area contributed by atoms with E-state index in [9.17, 15) is 5.11 Å². The average molecular weight is 199 g/mol. The molecule has 0 aromatic carbocycles. The van der Waals surface area contributed by atoms with Crippen LogP contribution in [-0.2, 0) is 0 Å².